The third-order valence-electron chi connectivity index (χ3n) is 2.61. The highest BCUT2D eigenvalue weighted by Crippen LogP contribution is 2.16. The number of hydrogen-bond donors (Lipinski definition) is 1. The van der Waals surface area contributed by atoms with Gasteiger partial charge in [0, 0.05) is 11.6 Å². The van der Waals surface area contributed by atoms with Gasteiger partial charge in [0.15, 0.2) is 0 Å². The summed E-state index contributed by atoms with van der Waals surface area (Å²) in [5.74, 6) is 0.479. The Bertz CT molecular complexity index is 656. The molecule has 0 aliphatic rings. The predicted octanol–water partition coefficient (Wildman–Crippen LogP) is 2.64. The number of benzene rings is 1. The number of aromatic nitrogens is 1. The second-order valence-electron chi connectivity index (χ2n) is 4.07. The molecule has 0 unspecified atom stereocenters. The van der Waals surface area contributed by atoms with Crippen LogP contribution in [0.2, 0.25) is 0 Å². The van der Waals surface area contributed by atoms with Crippen molar-refractivity contribution in [1.82, 2.24) is 4.98 Å². The van der Waals surface area contributed by atoms with Crippen molar-refractivity contribution >= 4 is 17.4 Å². The Morgan fingerprint density at radius 2 is 2.19 bits per heavy atom. The molecule has 1 N–H and O–H groups in total. The number of pyridine rings is 1. The molecule has 2 rings (SSSR count). The molecule has 1 aromatic carbocycles. The van der Waals surface area contributed by atoms with E-state index in [1.54, 1.807) is 24.3 Å². The first-order valence-electron chi connectivity index (χ1n) is 6.25. The molecule has 7 heteroatoms. The van der Waals surface area contributed by atoms with Gasteiger partial charge in [-0.15, -0.1) is 0 Å². The number of hydrogen-bond acceptors (Lipinski definition) is 5. The fourth-order valence-electron chi connectivity index (χ4n) is 1.65. The Morgan fingerprint density at radius 1 is 1.38 bits per heavy atom. The third kappa shape index (κ3) is 3.75. The van der Waals surface area contributed by atoms with Gasteiger partial charge in [0.2, 0.25) is 0 Å². The molecule has 1 heterocycles. The van der Waals surface area contributed by atoms with Gasteiger partial charge in [-0.3, -0.25) is 14.9 Å². The molecule has 21 heavy (non-hydrogen) atoms. The average molecular weight is 287 g/mol. The molecule has 0 aliphatic heterocycles. The molecular formula is C14H13N3O4. The lowest BCUT2D eigenvalue weighted by molar-refractivity contribution is -0.385. The number of nitrogens with one attached hydrogen (secondary N) is 1. The van der Waals surface area contributed by atoms with Crippen molar-refractivity contribution in [3.63, 3.8) is 0 Å². The molecule has 0 bridgehead atoms. The summed E-state index contributed by atoms with van der Waals surface area (Å²) >= 11 is 0. The molecule has 0 spiro atoms. The van der Waals surface area contributed by atoms with E-state index in [4.69, 9.17) is 4.74 Å². The maximum atomic E-state index is 12.0. The topological polar surface area (TPSA) is 94.4 Å². The van der Waals surface area contributed by atoms with Gasteiger partial charge in [0.1, 0.15) is 17.8 Å². The zero-order chi connectivity index (χ0) is 15.2. The standard InChI is InChI=1S/C14H13N3O4/c1-2-21-12-5-3-4-10(8-12)14(18)16-13-7-6-11(9-15-13)17(19)20/h3-9H,2H2,1H3,(H,15,16,18). The Morgan fingerprint density at radius 3 is 2.81 bits per heavy atom. The lowest BCUT2D eigenvalue weighted by atomic mass is 10.2. The van der Waals surface area contributed by atoms with Gasteiger partial charge in [0.05, 0.1) is 11.5 Å². The van der Waals surface area contributed by atoms with Crippen LogP contribution in [0.5, 0.6) is 5.75 Å². The van der Waals surface area contributed by atoms with Crippen molar-refractivity contribution in [2.75, 3.05) is 11.9 Å². The SMILES string of the molecule is CCOc1cccc(C(=O)Nc2ccc([N+](=O)[O-])cn2)c1. The summed E-state index contributed by atoms with van der Waals surface area (Å²) in [5, 5.41) is 13.1. The molecule has 108 valence electrons. The van der Waals surface area contributed by atoms with Crippen molar-refractivity contribution in [3.8, 4) is 5.75 Å². The van der Waals surface area contributed by atoms with Crippen LogP contribution in [-0.2, 0) is 0 Å². The fraction of sp³-hybridized carbons (Fsp3) is 0.143. The maximum absolute atomic E-state index is 12.0. The number of carbonyl (C=O) groups excluding carboxylic acids is 1. The summed E-state index contributed by atoms with van der Waals surface area (Å²) < 4.78 is 5.32. The molecule has 7 nitrogen and oxygen atoms in total. The van der Waals surface area contributed by atoms with Crippen LogP contribution in [0.15, 0.2) is 42.6 Å². The summed E-state index contributed by atoms with van der Waals surface area (Å²) in [6.45, 7) is 2.36. The maximum Gasteiger partial charge on any atom is 0.287 e. The molecule has 0 saturated carbocycles. The summed E-state index contributed by atoms with van der Waals surface area (Å²) in [5.41, 5.74) is 0.285. The number of nitro groups is 1. The van der Waals surface area contributed by atoms with Gasteiger partial charge in [0.25, 0.3) is 11.6 Å². The zero-order valence-corrected chi connectivity index (χ0v) is 11.3. The quantitative estimate of drug-likeness (QED) is 0.673. The van der Waals surface area contributed by atoms with Crippen LogP contribution in [0.4, 0.5) is 11.5 Å². The van der Waals surface area contributed by atoms with E-state index in [0.29, 0.717) is 17.9 Å². The second-order valence-corrected chi connectivity index (χ2v) is 4.07. The Balaban J connectivity index is 2.10. The summed E-state index contributed by atoms with van der Waals surface area (Å²) in [7, 11) is 0. The van der Waals surface area contributed by atoms with E-state index in [1.807, 2.05) is 6.92 Å². The molecule has 2 aromatic rings. The smallest absolute Gasteiger partial charge is 0.287 e. The molecule has 1 aromatic heterocycles. The number of amides is 1. The lowest BCUT2D eigenvalue weighted by Crippen LogP contribution is -2.13. The minimum absolute atomic E-state index is 0.133. The van der Waals surface area contributed by atoms with Crippen molar-refractivity contribution < 1.29 is 14.5 Å². The highest BCUT2D eigenvalue weighted by atomic mass is 16.6. The van der Waals surface area contributed by atoms with Gasteiger partial charge in [-0.05, 0) is 31.2 Å². The van der Waals surface area contributed by atoms with Crippen molar-refractivity contribution in [2.24, 2.45) is 0 Å². The largest absolute Gasteiger partial charge is 0.494 e. The minimum Gasteiger partial charge on any atom is -0.494 e. The molecule has 0 radical (unpaired) electrons. The van der Waals surface area contributed by atoms with Gasteiger partial charge in [-0.25, -0.2) is 4.98 Å². The molecule has 0 fully saturated rings. The van der Waals surface area contributed by atoms with Gasteiger partial charge in [-0.1, -0.05) is 6.07 Å². The van der Waals surface area contributed by atoms with Crippen LogP contribution in [0.1, 0.15) is 17.3 Å². The zero-order valence-electron chi connectivity index (χ0n) is 11.3. The summed E-state index contributed by atoms with van der Waals surface area (Å²) in [6.07, 6.45) is 1.09. The van der Waals surface area contributed by atoms with Crippen LogP contribution in [-0.4, -0.2) is 22.4 Å². The third-order valence-corrected chi connectivity index (χ3v) is 2.61. The van der Waals surface area contributed by atoms with Gasteiger partial charge in [-0.2, -0.15) is 0 Å². The minimum atomic E-state index is -0.551. The molecule has 0 aliphatic carbocycles. The molecular weight excluding hydrogens is 274 g/mol. The van der Waals surface area contributed by atoms with Crippen LogP contribution >= 0.6 is 0 Å². The first kappa shape index (κ1) is 14.4. The van der Waals surface area contributed by atoms with E-state index < -0.39 is 4.92 Å². The normalized spacial score (nSPS) is 9.95. The Labute approximate surface area is 120 Å². The first-order valence-corrected chi connectivity index (χ1v) is 6.25. The Hall–Kier alpha value is -2.96. The Kier molecular flexibility index (Phi) is 4.45. The van der Waals surface area contributed by atoms with E-state index in [1.165, 1.54) is 12.1 Å². The van der Waals surface area contributed by atoms with E-state index >= 15 is 0 Å². The van der Waals surface area contributed by atoms with Gasteiger partial charge < -0.3 is 10.1 Å². The van der Waals surface area contributed by atoms with Crippen molar-refractivity contribution in [1.29, 1.82) is 0 Å². The average Bonchev–Trinajstić information content (AvgIpc) is 2.48. The number of nitrogens with zero attached hydrogens (tertiary/aromatic N) is 2. The van der Waals surface area contributed by atoms with Crippen LogP contribution in [0.25, 0.3) is 0 Å². The van der Waals surface area contributed by atoms with E-state index in [2.05, 4.69) is 10.3 Å². The van der Waals surface area contributed by atoms with E-state index in [9.17, 15) is 14.9 Å². The van der Waals surface area contributed by atoms with Crippen LogP contribution < -0.4 is 10.1 Å². The molecule has 0 atom stereocenters. The summed E-state index contributed by atoms with van der Waals surface area (Å²) in [4.78, 5) is 25.8. The lowest BCUT2D eigenvalue weighted by Gasteiger charge is -2.06. The second kappa shape index (κ2) is 6.47. The monoisotopic (exact) mass is 287 g/mol. The first-order chi connectivity index (χ1) is 10.1. The van der Waals surface area contributed by atoms with Crippen LogP contribution in [0, 0.1) is 10.1 Å². The van der Waals surface area contributed by atoms with E-state index in [0.717, 1.165) is 6.20 Å². The van der Waals surface area contributed by atoms with E-state index in [-0.39, 0.29) is 17.4 Å². The predicted molar refractivity (Wildman–Crippen MR) is 76.5 cm³/mol. The number of carbonyl (C=O) groups is 1. The highest BCUT2D eigenvalue weighted by Gasteiger charge is 2.10. The molecule has 1 amide bonds. The molecule has 0 saturated heterocycles. The summed E-state index contributed by atoms with van der Waals surface area (Å²) in [6, 6.07) is 9.38. The highest BCUT2D eigenvalue weighted by molar-refractivity contribution is 6.04. The number of rotatable bonds is 5. The number of anilines is 1. The van der Waals surface area contributed by atoms with Crippen molar-refractivity contribution in [2.45, 2.75) is 6.92 Å². The fourth-order valence-corrected chi connectivity index (χ4v) is 1.65. The van der Waals surface area contributed by atoms with Crippen molar-refractivity contribution in [3.05, 3.63) is 58.3 Å². The van der Waals surface area contributed by atoms with Crippen LogP contribution in [0.3, 0.4) is 0 Å². The number of ether oxygens (including phenoxy) is 1. The van der Waals surface area contributed by atoms with Gasteiger partial charge >= 0.3 is 0 Å².